The van der Waals surface area contributed by atoms with Crippen molar-refractivity contribution in [3.8, 4) is 5.75 Å². The minimum Gasteiger partial charge on any atom is -0.422 e. The number of nitro benzene ring substituents is 1. The molecule has 0 fully saturated rings. The van der Waals surface area contributed by atoms with Crippen LogP contribution in [0, 0.1) is 10.1 Å². The van der Waals surface area contributed by atoms with Crippen molar-refractivity contribution in [1.82, 2.24) is 0 Å². The van der Waals surface area contributed by atoms with Crippen molar-refractivity contribution in [3.05, 3.63) is 68.2 Å². The normalized spacial score (nSPS) is 11.8. The molecule has 0 aliphatic heterocycles. The Bertz CT molecular complexity index is 745. The quantitative estimate of drug-likeness (QED) is 0.315. The Labute approximate surface area is 142 Å². The Hall–Kier alpha value is -2.21. The lowest BCUT2D eigenvalue weighted by Crippen LogP contribution is -2.11. The summed E-state index contributed by atoms with van der Waals surface area (Å²) in [6.45, 7) is 4.21. The third-order valence-electron chi connectivity index (χ3n) is 3.66. The molecular formula is C17H16BrNO4. The maximum absolute atomic E-state index is 12.2. The van der Waals surface area contributed by atoms with Crippen LogP contribution in [0.2, 0.25) is 0 Å². The molecule has 120 valence electrons. The Morgan fingerprint density at radius 3 is 2.61 bits per heavy atom. The van der Waals surface area contributed by atoms with E-state index in [1.54, 1.807) is 12.1 Å². The minimum absolute atomic E-state index is 0.0737. The summed E-state index contributed by atoms with van der Waals surface area (Å²) in [6, 6.07) is 11.2. The number of hydrogen-bond donors (Lipinski definition) is 0. The van der Waals surface area contributed by atoms with Gasteiger partial charge in [0.1, 0.15) is 11.3 Å². The van der Waals surface area contributed by atoms with E-state index in [2.05, 4.69) is 29.8 Å². The van der Waals surface area contributed by atoms with Crippen molar-refractivity contribution < 1.29 is 14.5 Å². The van der Waals surface area contributed by atoms with Crippen molar-refractivity contribution in [3.63, 3.8) is 0 Å². The lowest BCUT2D eigenvalue weighted by Gasteiger charge is -2.12. The van der Waals surface area contributed by atoms with Crippen molar-refractivity contribution in [2.75, 3.05) is 0 Å². The molecule has 2 aromatic rings. The molecular weight excluding hydrogens is 362 g/mol. The van der Waals surface area contributed by atoms with E-state index in [1.807, 2.05) is 12.1 Å². The first-order chi connectivity index (χ1) is 10.9. The maximum atomic E-state index is 12.2. The first-order valence-corrected chi connectivity index (χ1v) is 7.98. The van der Waals surface area contributed by atoms with Crippen molar-refractivity contribution in [2.45, 2.75) is 26.2 Å². The highest BCUT2D eigenvalue weighted by atomic mass is 79.9. The zero-order valence-corrected chi connectivity index (χ0v) is 14.4. The molecule has 0 radical (unpaired) electrons. The van der Waals surface area contributed by atoms with Gasteiger partial charge >= 0.3 is 5.97 Å². The Kier molecular flexibility index (Phi) is 5.50. The standard InChI is InChI=1S/C17H16BrNO4/c1-3-11(2)12-8-9-16(14(18)10-12)23-17(20)13-6-4-5-7-15(13)19(21)22/h4-11H,3H2,1-2H3. The average molecular weight is 378 g/mol. The first kappa shape index (κ1) is 17.1. The number of para-hydroxylation sites is 1. The van der Waals surface area contributed by atoms with Crippen LogP contribution in [0.3, 0.4) is 0 Å². The van der Waals surface area contributed by atoms with Gasteiger partial charge in [-0.15, -0.1) is 0 Å². The number of carbonyl (C=O) groups excluding carboxylic acids is 1. The number of ether oxygens (including phenoxy) is 1. The van der Waals surface area contributed by atoms with Gasteiger partial charge in [-0.1, -0.05) is 32.0 Å². The number of halogens is 1. The molecule has 1 unspecified atom stereocenters. The zero-order valence-electron chi connectivity index (χ0n) is 12.8. The van der Waals surface area contributed by atoms with E-state index in [0.717, 1.165) is 12.0 Å². The summed E-state index contributed by atoms with van der Waals surface area (Å²) in [6.07, 6.45) is 1.00. The van der Waals surface area contributed by atoms with Crippen LogP contribution in [0.5, 0.6) is 5.75 Å². The number of esters is 1. The van der Waals surface area contributed by atoms with E-state index in [4.69, 9.17) is 4.74 Å². The molecule has 0 amide bonds. The molecule has 2 aromatic carbocycles. The maximum Gasteiger partial charge on any atom is 0.350 e. The lowest BCUT2D eigenvalue weighted by molar-refractivity contribution is -0.385. The molecule has 2 rings (SSSR count). The van der Waals surface area contributed by atoms with Gasteiger partial charge in [0.25, 0.3) is 5.69 Å². The smallest absolute Gasteiger partial charge is 0.350 e. The van der Waals surface area contributed by atoms with Gasteiger partial charge in [0, 0.05) is 6.07 Å². The van der Waals surface area contributed by atoms with Gasteiger partial charge in [0.2, 0.25) is 0 Å². The van der Waals surface area contributed by atoms with E-state index >= 15 is 0 Å². The highest BCUT2D eigenvalue weighted by Crippen LogP contribution is 2.31. The first-order valence-electron chi connectivity index (χ1n) is 7.19. The van der Waals surface area contributed by atoms with E-state index < -0.39 is 10.9 Å². The molecule has 5 nitrogen and oxygen atoms in total. The average Bonchev–Trinajstić information content (AvgIpc) is 2.55. The molecule has 1 atom stereocenters. The van der Waals surface area contributed by atoms with Gasteiger partial charge in [-0.25, -0.2) is 4.79 Å². The third-order valence-corrected chi connectivity index (χ3v) is 4.28. The predicted octanol–water partition coefficient (Wildman–Crippen LogP) is 5.09. The topological polar surface area (TPSA) is 69.4 Å². The molecule has 0 N–H and O–H groups in total. The van der Waals surface area contributed by atoms with E-state index in [9.17, 15) is 14.9 Å². The molecule has 0 aliphatic rings. The third kappa shape index (κ3) is 3.96. The SMILES string of the molecule is CCC(C)c1ccc(OC(=O)c2ccccc2[N+](=O)[O-])c(Br)c1. The van der Waals surface area contributed by atoms with Gasteiger partial charge in [-0.3, -0.25) is 10.1 Å². The summed E-state index contributed by atoms with van der Waals surface area (Å²) < 4.78 is 5.94. The second-order valence-corrected chi connectivity index (χ2v) is 6.02. The number of nitrogens with zero attached hydrogens (tertiary/aromatic N) is 1. The van der Waals surface area contributed by atoms with E-state index in [0.29, 0.717) is 16.1 Å². The van der Waals surface area contributed by atoms with Crippen LogP contribution in [-0.4, -0.2) is 10.9 Å². The summed E-state index contributed by atoms with van der Waals surface area (Å²) in [5, 5.41) is 11.0. The van der Waals surface area contributed by atoms with E-state index in [-0.39, 0.29) is 11.3 Å². The van der Waals surface area contributed by atoms with Crippen molar-refractivity contribution in [1.29, 1.82) is 0 Å². The fourth-order valence-electron chi connectivity index (χ4n) is 2.10. The molecule has 0 saturated carbocycles. The summed E-state index contributed by atoms with van der Waals surface area (Å²) in [5.74, 6) is -0.0271. The molecule has 6 heteroatoms. The predicted molar refractivity (Wildman–Crippen MR) is 90.9 cm³/mol. The lowest BCUT2D eigenvalue weighted by atomic mass is 9.99. The largest absolute Gasteiger partial charge is 0.422 e. The van der Waals surface area contributed by atoms with Gasteiger partial charge in [0.05, 0.1) is 9.40 Å². The fourth-order valence-corrected chi connectivity index (χ4v) is 2.58. The van der Waals surface area contributed by atoms with Gasteiger partial charge in [-0.2, -0.15) is 0 Å². The molecule has 0 saturated heterocycles. The Morgan fingerprint density at radius 2 is 2.00 bits per heavy atom. The summed E-state index contributed by atoms with van der Waals surface area (Å²) in [7, 11) is 0. The number of benzene rings is 2. The minimum atomic E-state index is -0.755. The van der Waals surface area contributed by atoms with Crippen LogP contribution in [0.25, 0.3) is 0 Å². The van der Waals surface area contributed by atoms with Crippen LogP contribution < -0.4 is 4.74 Å². The highest BCUT2D eigenvalue weighted by Gasteiger charge is 2.21. The Balaban J connectivity index is 2.26. The monoisotopic (exact) mass is 377 g/mol. The highest BCUT2D eigenvalue weighted by molar-refractivity contribution is 9.10. The van der Waals surface area contributed by atoms with Crippen molar-refractivity contribution in [2.24, 2.45) is 0 Å². The molecule has 0 bridgehead atoms. The van der Waals surface area contributed by atoms with Crippen LogP contribution in [0.4, 0.5) is 5.69 Å². The van der Waals surface area contributed by atoms with Gasteiger partial charge in [-0.05, 0) is 52.0 Å². The number of carbonyl (C=O) groups is 1. The van der Waals surface area contributed by atoms with Gasteiger partial charge < -0.3 is 4.74 Å². The summed E-state index contributed by atoms with van der Waals surface area (Å²) in [5.41, 5.74) is 0.783. The van der Waals surface area contributed by atoms with E-state index in [1.165, 1.54) is 18.2 Å². The summed E-state index contributed by atoms with van der Waals surface area (Å²) in [4.78, 5) is 22.6. The van der Waals surface area contributed by atoms with Crippen LogP contribution in [-0.2, 0) is 0 Å². The number of hydrogen-bond acceptors (Lipinski definition) is 4. The molecule has 0 heterocycles. The second-order valence-electron chi connectivity index (χ2n) is 5.16. The zero-order chi connectivity index (χ0) is 17.0. The van der Waals surface area contributed by atoms with Crippen LogP contribution in [0.15, 0.2) is 46.9 Å². The number of rotatable bonds is 5. The summed E-state index contributed by atoms with van der Waals surface area (Å²) >= 11 is 3.38. The molecule has 0 spiro atoms. The van der Waals surface area contributed by atoms with Crippen LogP contribution in [0.1, 0.15) is 42.1 Å². The molecule has 0 aromatic heterocycles. The van der Waals surface area contributed by atoms with Gasteiger partial charge in [0.15, 0.2) is 0 Å². The number of nitro groups is 1. The van der Waals surface area contributed by atoms with Crippen LogP contribution >= 0.6 is 15.9 Å². The molecule has 0 aliphatic carbocycles. The van der Waals surface area contributed by atoms with Crippen molar-refractivity contribution >= 4 is 27.6 Å². The Morgan fingerprint density at radius 1 is 1.30 bits per heavy atom. The second kappa shape index (κ2) is 7.37. The fraction of sp³-hybridized carbons (Fsp3) is 0.235. The molecule has 23 heavy (non-hydrogen) atoms.